The Morgan fingerprint density at radius 1 is 1.02 bits per heavy atom. The highest BCUT2D eigenvalue weighted by atomic mass is 32.1. The minimum absolute atomic E-state index is 0.175. The molecular weight excluding hydrogens is 584 g/mol. The average Bonchev–Trinajstić information content (AvgIpc) is 3.61. The van der Waals surface area contributed by atoms with Crippen LogP contribution < -0.4 is 4.90 Å². The fraction of sp³-hybridized carbons (Fsp3) is 0.360. The number of piperidine rings is 1. The van der Waals surface area contributed by atoms with Gasteiger partial charge < -0.3 is 14.6 Å². The van der Waals surface area contributed by atoms with Crippen LogP contribution in [0.3, 0.4) is 0 Å². The van der Waals surface area contributed by atoms with Gasteiger partial charge in [-0.05, 0) is 44.5 Å². The molecule has 2 aromatic heterocycles. The molecule has 1 saturated heterocycles. The number of alkyl halides is 6. The number of anilines is 2. The number of rotatable bonds is 3. The molecule has 222 valence electrons. The molecule has 9 nitrogen and oxygen atoms in total. The first-order chi connectivity index (χ1) is 19.1. The lowest BCUT2D eigenvalue weighted by Gasteiger charge is -2.38. The SMILES string of the molecule is Cc1nc(CN2CCC3(CC2)C(=O)N(c2ccoc2)c2ccccc23)cs1.O=C(O)C(F)(F)F.O=C(O)C(F)(F)F. The van der Waals surface area contributed by atoms with Crippen molar-refractivity contribution in [2.24, 2.45) is 0 Å². The summed E-state index contributed by atoms with van der Waals surface area (Å²) < 4.78 is 68.7. The third kappa shape index (κ3) is 7.43. The number of aromatic nitrogens is 1. The van der Waals surface area contributed by atoms with Crippen molar-refractivity contribution in [3.05, 3.63) is 64.5 Å². The number of carbonyl (C=O) groups is 3. The molecule has 1 aromatic carbocycles. The molecular formula is C25H23F6N3O6S. The predicted octanol–water partition coefficient (Wildman–Crippen LogP) is 5.52. The predicted molar refractivity (Wildman–Crippen MR) is 133 cm³/mol. The third-order valence-corrected chi connectivity index (χ3v) is 7.11. The van der Waals surface area contributed by atoms with Crippen LogP contribution in [0.1, 0.15) is 29.1 Å². The van der Waals surface area contributed by atoms with Gasteiger partial charge in [0.1, 0.15) is 6.26 Å². The first-order valence-corrected chi connectivity index (χ1v) is 12.6. The molecule has 2 N–H and O–H groups in total. The van der Waals surface area contributed by atoms with Crippen molar-refractivity contribution in [1.82, 2.24) is 9.88 Å². The summed E-state index contributed by atoms with van der Waals surface area (Å²) in [4.78, 5) is 40.2. The molecule has 0 saturated carbocycles. The van der Waals surface area contributed by atoms with Gasteiger partial charge in [0.2, 0.25) is 5.91 Å². The van der Waals surface area contributed by atoms with Crippen molar-refractivity contribution >= 4 is 40.6 Å². The Morgan fingerprint density at radius 2 is 1.59 bits per heavy atom. The van der Waals surface area contributed by atoms with Gasteiger partial charge in [0.25, 0.3) is 0 Å². The number of hydrogen-bond acceptors (Lipinski definition) is 7. The Hall–Kier alpha value is -3.92. The third-order valence-electron chi connectivity index (χ3n) is 6.28. The summed E-state index contributed by atoms with van der Waals surface area (Å²) in [6.07, 6.45) is -5.23. The summed E-state index contributed by atoms with van der Waals surface area (Å²) in [6.45, 7) is 4.70. The van der Waals surface area contributed by atoms with E-state index < -0.39 is 29.7 Å². The van der Waals surface area contributed by atoms with Gasteiger partial charge in [-0.2, -0.15) is 26.3 Å². The lowest BCUT2D eigenvalue weighted by Crippen LogP contribution is -2.47. The molecule has 0 unspecified atom stereocenters. The number of carbonyl (C=O) groups excluding carboxylic acids is 1. The molecule has 1 spiro atoms. The number of para-hydroxylation sites is 1. The van der Waals surface area contributed by atoms with Gasteiger partial charge in [-0.3, -0.25) is 14.6 Å². The van der Waals surface area contributed by atoms with E-state index >= 15 is 0 Å². The number of carboxylic acid groups (broad SMARTS) is 2. The number of carboxylic acids is 2. The number of fused-ring (bicyclic) bond motifs is 2. The highest BCUT2D eigenvalue weighted by Crippen LogP contribution is 2.50. The Balaban J connectivity index is 0.000000276. The zero-order valence-corrected chi connectivity index (χ0v) is 22.0. The molecule has 1 amide bonds. The standard InChI is InChI=1S/C21H21N3O2S.2C2HF3O2/c1-15-22-16(14-27-15)12-23-9-7-21(8-10-23)18-4-2-3-5-19(18)24(20(21)25)17-6-11-26-13-17;2*3-2(4,5)1(6)7/h2-6,11,13-14H,7-10,12H2,1H3;2*(H,6,7). The van der Waals surface area contributed by atoms with E-state index in [1.54, 1.807) is 23.9 Å². The van der Waals surface area contributed by atoms with Gasteiger partial charge >= 0.3 is 24.3 Å². The number of halogens is 6. The summed E-state index contributed by atoms with van der Waals surface area (Å²) >= 11 is 1.69. The maximum Gasteiger partial charge on any atom is 0.490 e. The maximum absolute atomic E-state index is 13.6. The van der Waals surface area contributed by atoms with E-state index in [9.17, 15) is 31.1 Å². The Morgan fingerprint density at radius 3 is 2.05 bits per heavy atom. The van der Waals surface area contributed by atoms with Gasteiger partial charge in [0.05, 0.1) is 33.8 Å². The minimum Gasteiger partial charge on any atom is -0.475 e. The molecule has 5 rings (SSSR count). The monoisotopic (exact) mass is 607 g/mol. The van der Waals surface area contributed by atoms with E-state index in [1.807, 2.05) is 36.1 Å². The summed E-state index contributed by atoms with van der Waals surface area (Å²) in [7, 11) is 0. The highest BCUT2D eigenvalue weighted by molar-refractivity contribution is 7.09. The van der Waals surface area contributed by atoms with Crippen LogP contribution in [0.4, 0.5) is 37.7 Å². The summed E-state index contributed by atoms with van der Waals surface area (Å²) in [6, 6.07) is 10.1. The van der Waals surface area contributed by atoms with E-state index in [1.165, 1.54) is 0 Å². The zero-order valence-electron chi connectivity index (χ0n) is 21.2. The maximum atomic E-state index is 13.6. The number of furan rings is 1. The van der Waals surface area contributed by atoms with Crippen molar-refractivity contribution in [2.75, 3.05) is 18.0 Å². The van der Waals surface area contributed by atoms with Crippen LogP contribution in [0.2, 0.25) is 0 Å². The van der Waals surface area contributed by atoms with Gasteiger partial charge in [-0.15, -0.1) is 11.3 Å². The molecule has 0 radical (unpaired) electrons. The smallest absolute Gasteiger partial charge is 0.475 e. The number of benzene rings is 1. The number of aryl methyl sites for hydroxylation is 1. The summed E-state index contributed by atoms with van der Waals surface area (Å²) in [5.41, 5.74) is 3.66. The number of aliphatic carboxylic acids is 2. The first kappa shape index (κ1) is 31.6. The van der Waals surface area contributed by atoms with Crippen molar-refractivity contribution in [3.8, 4) is 0 Å². The van der Waals surface area contributed by atoms with Crippen molar-refractivity contribution < 1.29 is 55.4 Å². The van der Waals surface area contributed by atoms with Crippen LogP contribution in [-0.2, 0) is 26.3 Å². The van der Waals surface area contributed by atoms with E-state index in [4.69, 9.17) is 24.2 Å². The zero-order chi connectivity index (χ0) is 30.6. The molecule has 1 fully saturated rings. The molecule has 2 aliphatic rings. The molecule has 0 atom stereocenters. The summed E-state index contributed by atoms with van der Waals surface area (Å²) in [5.74, 6) is -5.34. The lowest BCUT2D eigenvalue weighted by atomic mass is 9.73. The fourth-order valence-corrected chi connectivity index (χ4v) is 5.04. The average molecular weight is 608 g/mol. The molecule has 0 bridgehead atoms. The van der Waals surface area contributed by atoms with Crippen molar-refractivity contribution in [3.63, 3.8) is 0 Å². The normalized spacial score (nSPS) is 16.4. The molecule has 16 heteroatoms. The van der Waals surface area contributed by atoms with E-state index in [-0.39, 0.29) is 5.91 Å². The van der Waals surface area contributed by atoms with Gasteiger partial charge in [0.15, 0.2) is 0 Å². The molecule has 2 aliphatic heterocycles. The Bertz CT molecular complexity index is 1340. The minimum atomic E-state index is -5.08. The molecule has 4 heterocycles. The first-order valence-electron chi connectivity index (χ1n) is 11.8. The van der Waals surface area contributed by atoms with Gasteiger partial charge in [0, 0.05) is 18.0 Å². The lowest BCUT2D eigenvalue weighted by molar-refractivity contribution is -0.193. The Kier molecular flexibility index (Phi) is 9.48. The van der Waals surface area contributed by atoms with Crippen molar-refractivity contribution in [2.45, 2.75) is 44.1 Å². The largest absolute Gasteiger partial charge is 0.490 e. The van der Waals surface area contributed by atoms with Crippen LogP contribution in [0, 0.1) is 6.92 Å². The van der Waals surface area contributed by atoms with E-state index in [0.717, 1.165) is 60.1 Å². The van der Waals surface area contributed by atoms with E-state index in [2.05, 4.69) is 21.3 Å². The second kappa shape index (κ2) is 12.3. The quantitative estimate of drug-likeness (QED) is 0.373. The fourth-order valence-electron chi connectivity index (χ4n) is 4.44. The summed E-state index contributed by atoms with van der Waals surface area (Å²) in [5, 5.41) is 17.5. The number of amides is 1. The van der Waals surface area contributed by atoms with Crippen LogP contribution in [-0.4, -0.2) is 63.4 Å². The number of likely N-dealkylation sites (tertiary alicyclic amines) is 1. The van der Waals surface area contributed by atoms with Crippen LogP contribution >= 0.6 is 11.3 Å². The topological polar surface area (TPSA) is 124 Å². The van der Waals surface area contributed by atoms with Gasteiger partial charge in [-0.25, -0.2) is 14.6 Å². The molecule has 0 aliphatic carbocycles. The van der Waals surface area contributed by atoms with Gasteiger partial charge in [-0.1, -0.05) is 18.2 Å². The number of nitrogens with zero attached hydrogens (tertiary/aromatic N) is 3. The van der Waals surface area contributed by atoms with Crippen LogP contribution in [0.15, 0.2) is 52.7 Å². The highest BCUT2D eigenvalue weighted by Gasteiger charge is 2.52. The second-order valence-corrected chi connectivity index (χ2v) is 10.0. The Labute approximate surface area is 232 Å². The van der Waals surface area contributed by atoms with Crippen molar-refractivity contribution in [1.29, 1.82) is 0 Å². The molecule has 3 aromatic rings. The van der Waals surface area contributed by atoms with E-state index in [0.29, 0.717) is 0 Å². The number of thiazole rings is 1. The van der Waals surface area contributed by atoms with Crippen LogP contribution in [0.5, 0.6) is 0 Å². The number of hydrogen-bond donors (Lipinski definition) is 2. The van der Waals surface area contributed by atoms with Crippen LogP contribution in [0.25, 0.3) is 0 Å². The molecule has 41 heavy (non-hydrogen) atoms. The second-order valence-electron chi connectivity index (χ2n) is 8.96.